The van der Waals surface area contributed by atoms with E-state index in [9.17, 15) is 23.1 Å². The summed E-state index contributed by atoms with van der Waals surface area (Å²) < 4.78 is 55.9. The Kier molecular flexibility index (Phi) is 7.88. The first-order chi connectivity index (χ1) is 15.1. The molecule has 0 bridgehead atoms. The zero-order chi connectivity index (χ0) is 23.2. The summed E-state index contributed by atoms with van der Waals surface area (Å²) >= 11 is 0. The lowest BCUT2D eigenvalue weighted by Gasteiger charge is -2.26. The molecule has 3 atom stereocenters. The van der Waals surface area contributed by atoms with Crippen molar-refractivity contribution in [3.05, 3.63) is 87.2 Å². The van der Waals surface area contributed by atoms with Crippen LogP contribution in [0.15, 0.2) is 68.0 Å². The molecule has 2 heterocycles. The van der Waals surface area contributed by atoms with Crippen molar-refractivity contribution >= 4 is 11.0 Å². The van der Waals surface area contributed by atoms with E-state index in [4.69, 9.17) is 13.6 Å². The molecule has 1 aromatic carbocycles. The van der Waals surface area contributed by atoms with Crippen molar-refractivity contribution < 1.29 is 31.8 Å². The van der Waals surface area contributed by atoms with Crippen molar-refractivity contribution in [2.45, 2.75) is 54.0 Å². The van der Waals surface area contributed by atoms with Crippen molar-refractivity contribution in [2.24, 2.45) is 5.92 Å². The summed E-state index contributed by atoms with van der Waals surface area (Å²) in [4.78, 5) is 11.6. The van der Waals surface area contributed by atoms with Crippen LogP contribution in [0.2, 0.25) is 0 Å². The molecule has 3 aromatic rings. The molecule has 1 aliphatic carbocycles. The predicted molar refractivity (Wildman–Crippen MR) is 125 cm³/mol. The molecule has 0 saturated carbocycles. The molecule has 34 heavy (non-hydrogen) atoms. The summed E-state index contributed by atoms with van der Waals surface area (Å²) in [5.41, 5.74) is -0.185. The summed E-state index contributed by atoms with van der Waals surface area (Å²) in [6.45, 7) is 5.75. The van der Waals surface area contributed by atoms with Crippen LogP contribution in [0.3, 0.4) is 0 Å². The van der Waals surface area contributed by atoms with E-state index < -0.39 is 23.7 Å². The van der Waals surface area contributed by atoms with Crippen molar-refractivity contribution in [3.63, 3.8) is 0 Å². The molecule has 184 valence electrons. The monoisotopic (exact) mass is 478 g/mol. The van der Waals surface area contributed by atoms with Crippen LogP contribution in [0.25, 0.3) is 11.0 Å². The lowest BCUT2D eigenvalue weighted by atomic mass is 9.78. The van der Waals surface area contributed by atoms with Crippen molar-refractivity contribution in [1.29, 1.82) is 0 Å². The zero-order valence-electron chi connectivity index (χ0n) is 17.6. The molecular formula is C26H29F3O5. The van der Waals surface area contributed by atoms with E-state index in [2.05, 4.69) is 13.0 Å². The van der Waals surface area contributed by atoms with Gasteiger partial charge in [0.1, 0.15) is 17.1 Å². The zero-order valence-corrected chi connectivity index (χ0v) is 17.6. The van der Waals surface area contributed by atoms with Crippen LogP contribution in [-0.2, 0) is 6.18 Å². The van der Waals surface area contributed by atoms with Gasteiger partial charge >= 0.3 is 11.8 Å². The highest BCUT2D eigenvalue weighted by Crippen LogP contribution is 2.41. The number of alkyl halides is 3. The summed E-state index contributed by atoms with van der Waals surface area (Å²) in [6.07, 6.45) is 1.46. The Balaban J connectivity index is 0.00000204. The molecule has 1 N–H and O–H groups in total. The molecular weight excluding hydrogens is 449 g/mol. The molecule has 5 nitrogen and oxygen atoms in total. The van der Waals surface area contributed by atoms with Gasteiger partial charge in [-0.1, -0.05) is 45.6 Å². The van der Waals surface area contributed by atoms with Gasteiger partial charge in [-0.25, -0.2) is 4.79 Å². The minimum absolute atomic E-state index is 0. The Morgan fingerprint density at radius 2 is 1.85 bits per heavy atom. The summed E-state index contributed by atoms with van der Waals surface area (Å²) in [5.74, 6) is 0.657. The van der Waals surface area contributed by atoms with Gasteiger partial charge in [-0.3, -0.25) is 0 Å². The van der Waals surface area contributed by atoms with Crippen LogP contribution in [0.1, 0.15) is 63.4 Å². The average molecular weight is 479 g/mol. The van der Waals surface area contributed by atoms with Crippen LogP contribution in [-0.4, -0.2) is 5.11 Å². The highest BCUT2D eigenvalue weighted by atomic mass is 19.4. The number of aliphatic hydroxyl groups is 1. The molecule has 8 heteroatoms. The molecule has 2 aromatic heterocycles. The van der Waals surface area contributed by atoms with Gasteiger partial charge in [0.25, 0.3) is 0 Å². The fourth-order valence-corrected chi connectivity index (χ4v) is 4.22. The maximum absolute atomic E-state index is 13.3. The first-order valence-electron chi connectivity index (χ1n) is 9.99. The van der Waals surface area contributed by atoms with Gasteiger partial charge in [0.15, 0.2) is 0 Å². The highest BCUT2D eigenvalue weighted by molar-refractivity contribution is 5.82. The van der Waals surface area contributed by atoms with Crippen molar-refractivity contribution in [1.82, 2.24) is 0 Å². The molecule has 0 spiro atoms. The normalized spacial score (nSPS) is 18.6. The summed E-state index contributed by atoms with van der Waals surface area (Å²) in [6, 6.07) is 4.00. The standard InChI is InChI=1S/C24H21F3O5.2CH4/c1-12-5-4-6-13(2)21(12)17-11-30-14(3)22(17)23(29)31-15-7-8-16-18(24(25,26)27)10-20(28)32-19(16)9-15;;/h4-12,21,23,29H,1-3H3;2*1H4. The van der Waals surface area contributed by atoms with Crippen molar-refractivity contribution in [2.75, 3.05) is 0 Å². The molecule has 3 unspecified atom stereocenters. The van der Waals surface area contributed by atoms with Crippen LogP contribution < -0.4 is 10.4 Å². The lowest BCUT2D eigenvalue weighted by Crippen LogP contribution is -2.16. The van der Waals surface area contributed by atoms with E-state index >= 15 is 0 Å². The quantitative estimate of drug-likeness (QED) is 0.315. The van der Waals surface area contributed by atoms with E-state index in [1.807, 2.05) is 19.1 Å². The van der Waals surface area contributed by atoms with Gasteiger partial charge in [0.2, 0.25) is 6.29 Å². The molecule has 4 rings (SSSR count). The first kappa shape index (κ1) is 27.0. The number of benzene rings is 1. The third-order valence-electron chi connectivity index (χ3n) is 5.69. The Morgan fingerprint density at radius 1 is 1.15 bits per heavy atom. The number of furan rings is 1. The van der Waals surface area contributed by atoms with Gasteiger partial charge in [-0.15, -0.1) is 0 Å². The maximum Gasteiger partial charge on any atom is 0.417 e. The molecule has 0 fully saturated rings. The maximum atomic E-state index is 13.3. The third kappa shape index (κ3) is 4.97. The van der Waals surface area contributed by atoms with E-state index in [1.54, 1.807) is 13.2 Å². The molecule has 0 saturated heterocycles. The van der Waals surface area contributed by atoms with Crippen LogP contribution >= 0.6 is 0 Å². The average Bonchev–Trinajstić information content (AvgIpc) is 3.07. The number of hydrogen-bond donors (Lipinski definition) is 1. The molecule has 1 aliphatic rings. The summed E-state index contributed by atoms with van der Waals surface area (Å²) in [7, 11) is 0. The van der Waals surface area contributed by atoms with Gasteiger partial charge in [-0.2, -0.15) is 13.2 Å². The molecule has 0 radical (unpaired) electrons. The van der Waals surface area contributed by atoms with Gasteiger partial charge in [0.05, 0.1) is 17.4 Å². The van der Waals surface area contributed by atoms with Crippen molar-refractivity contribution in [3.8, 4) is 5.75 Å². The number of rotatable bonds is 4. The van der Waals surface area contributed by atoms with Crippen LogP contribution in [0.4, 0.5) is 13.2 Å². The number of fused-ring (bicyclic) bond motifs is 1. The first-order valence-corrected chi connectivity index (χ1v) is 9.99. The number of aryl methyl sites for hydroxylation is 1. The largest absolute Gasteiger partial charge is 0.469 e. The topological polar surface area (TPSA) is 72.8 Å². The number of ether oxygens (including phenoxy) is 1. The predicted octanol–water partition coefficient (Wildman–Crippen LogP) is 7.29. The van der Waals surface area contributed by atoms with E-state index in [0.29, 0.717) is 17.4 Å². The van der Waals surface area contributed by atoms with Crippen LogP contribution in [0.5, 0.6) is 5.75 Å². The second-order valence-corrected chi connectivity index (χ2v) is 7.90. The van der Waals surface area contributed by atoms with E-state index in [0.717, 1.165) is 23.3 Å². The smallest absolute Gasteiger partial charge is 0.417 e. The molecule has 0 amide bonds. The number of allylic oxidation sites excluding steroid dienone is 4. The Hall–Kier alpha value is -3.26. The Labute approximate surface area is 196 Å². The lowest BCUT2D eigenvalue weighted by molar-refractivity contribution is -0.136. The number of halogens is 3. The second kappa shape index (κ2) is 9.93. The fraction of sp³-hybridized carbons (Fsp3) is 0.346. The minimum atomic E-state index is -4.71. The minimum Gasteiger partial charge on any atom is -0.469 e. The third-order valence-corrected chi connectivity index (χ3v) is 5.69. The summed E-state index contributed by atoms with van der Waals surface area (Å²) in [5, 5.41) is 10.6. The SMILES string of the molecule is C.C.CC1=CC=CC(C)C1c1coc(C)c1C(O)Oc1ccc2c(C(F)(F)F)cc(=O)oc2c1. The van der Waals surface area contributed by atoms with E-state index in [-0.39, 0.29) is 43.4 Å². The van der Waals surface area contributed by atoms with Gasteiger partial charge < -0.3 is 18.7 Å². The molecule has 0 aliphatic heterocycles. The fourth-order valence-electron chi connectivity index (χ4n) is 4.22. The number of hydrogen-bond acceptors (Lipinski definition) is 5. The number of aliphatic hydroxyl groups excluding tert-OH is 1. The Morgan fingerprint density at radius 3 is 2.50 bits per heavy atom. The Bertz CT molecular complexity index is 1280. The highest BCUT2D eigenvalue weighted by Gasteiger charge is 2.34. The van der Waals surface area contributed by atoms with E-state index in [1.165, 1.54) is 6.07 Å². The van der Waals surface area contributed by atoms with Gasteiger partial charge in [-0.05, 0) is 31.9 Å². The van der Waals surface area contributed by atoms with Gasteiger partial charge in [0, 0.05) is 29.0 Å². The second-order valence-electron chi connectivity index (χ2n) is 7.90. The van der Waals surface area contributed by atoms with Crippen LogP contribution in [0, 0.1) is 12.8 Å².